The number of rotatable bonds is 9. The minimum atomic E-state index is -0.965. The summed E-state index contributed by atoms with van der Waals surface area (Å²) in [7, 11) is -0.560. The number of benzene rings is 1. The van der Waals surface area contributed by atoms with Crippen LogP contribution in [0.15, 0.2) is 12.1 Å². The van der Waals surface area contributed by atoms with Crippen LogP contribution in [0.25, 0.3) is 0 Å². The molecular formula is C32H49BO9. The van der Waals surface area contributed by atoms with Crippen molar-refractivity contribution in [1.82, 2.24) is 0 Å². The summed E-state index contributed by atoms with van der Waals surface area (Å²) < 4.78 is 35.7. The van der Waals surface area contributed by atoms with E-state index in [1.807, 2.05) is 6.92 Å². The molecule has 234 valence electrons. The molecule has 1 saturated heterocycles. The quantitative estimate of drug-likeness (QED) is 0.202. The second-order valence-electron chi connectivity index (χ2n) is 14.7. The zero-order chi connectivity index (χ0) is 31.3. The van der Waals surface area contributed by atoms with Crippen LogP contribution in [0, 0.1) is 17.3 Å². The molecule has 0 spiro atoms. The maximum absolute atomic E-state index is 13.6. The van der Waals surface area contributed by atoms with E-state index in [1.54, 1.807) is 53.7 Å². The molecule has 5 rings (SSSR count). The standard InChI is InChI=1S/C32H49BO9/c1-11-37-18-19-12-13-22(26(38-28(36)40-30(5,6)7)25(19)27(35)39-29(2,3)4)20(17-34)16-33-41-24-15-21-14-23(31(21,8)9)32(24,10)42-33/h12-13,20-21,23-24,34H,11,14-18H2,1-10H3/t20?,21-,23-,24?,32+/m1/s1. The Labute approximate surface area is 251 Å². The molecule has 0 aromatic heterocycles. The third-order valence-corrected chi connectivity index (χ3v) is 9.05. The van der Waals surface area contributed by atoms with E-state index in [9.17, 15) is 14.7 Å². The number of aliphatic hydroxyl groups is 1. The molecule has 1 aliphatic heterocycles. The van der Waals surface area contributed by atoms with Gasteiger partial charge in [0, 0.05) is 24.7 Å². The summed E-state index contributed by atoms with van der Waals surface area (Å²) in [5.74, 6) is -0.238. The Kier molecular flexibility index (Phi) is 9.17. The second-order valence-corrected chi connectivity index (χ2v) is 14.7. The van der Waals surface area contributed by atoms with Gasteiger partial charge in [-0.1, -0.05) is 26.0 Å². The van der Waals surface area contributed by atoms with E-state index in [2.05, 4.69) is 20.8 Å². The van der Waals surface area contributed by atoms with E-state index in [1.165, 1.54) is 0 Å². The Morgan fingerprint density at radius 3 is 2.31 bits per heavy atom. The molecule has 1 aromatic carbocycles. The molecule has 2 unspecified atom stereocenters. The first-order valence-corrected chi connectivity index (χ1v) is 15.2. The molecule has 10 heteroatoms. The molecule has 4 aliphatic rings. The normalized spacial score (nSPS) is 27.1. The summed E-state index contributed by atoms with van der Waals surface area (Å²) >= 11 is 0. The zero-order valence-electron chi connectivity index (χ0n) is 27.0. The lowest BCUT2D eigenvalue weighted by Gasteiger charge is -2.64. The Balaban J connectivity index is 1.71. The molecule has 1 heterocycles. The summed E-state index contributed by atoms with van der Waals surface area (Å²) in [6.07, 6.45) is 1.41. The number of esters is 1. The first-order valence-electron chi connectivity index (χ1n) is 15.2. The number of carbonyl (C=O) groups excluding carboxylic acids is 2. The third-order valence-electron chi connectivity index (χ3n) is 9.05. The van der Waals surface area contributed by atoms with Gasteiger partial charge in [-0.15, -0.1) is 0 Å². The van der Waals surface area contributed by atoms with Crippen molar-refractivity contribution in [1.29, 1.82) is 0 Å². The van der Waals surface area contributed by atoms with Crippen LogP contribution in [-0.4, -0.2) is 60.5 Å². The van der Waals surface area contributed by atoms with Crippen molar-refractivity contribution in [2.75, 3.05) is 13.2 Å². The molecule has 5 atom stereocenters. The van der Waals surface area contributed by atoms with Crippen LogP contribution in [0.1, 0.15) is 109 Å². The SMILES string of the molecule is CCOCc1ccc(C(CO)CB2OC3C[C@H]4C[C@H](C4(C)C)[C@]3(C)O2)c(OC(=O)OC(C)(C)C)c1C(=O)OC(C)(C)C. The predicted octanol–water partition coefficient (Wildman–Crippen LogP) is 6.30. The van der Waals surface area contributed by atoms with E-state index in [0.29, 0.717) is 35.9 Å². The van der Waals surface area contributed by atoms with Crippen LogP contribution in [0.4, 0.5) is 4.79 Å². The number of ether oxygens (including phenoxy) is 4. The monoisotopic (exact) mass is 588 g/mol. The molecule has 3 saturated carbocycles. The van der Waals surface area contributed by atoms with Crippen LogP contribution >= 0.6 is 0 Å². The van der Waals surface area contributed by atoms with Crippen molar-refractivity contribution in [3.63, 3.8) is 0 Å². The highest BCUT2D eigenvalue weighted by molar-refractivity contribution is 6.45. The summed E-state index contributed by atoms with van der Waals surface area (Å²) in [5.41, 5.74) is -0.804. The molecule has 42 heavy (non-hydrogen) atoms. The van der Waals surface area contributed by atoms with Gasteiger partial charge in [-0.2, -0.15) is 0 Å². The van der Waals surface area contributed by atoms with Crippen molar-refractivity contribution in [2.45, 2.75) is 124 Å². The van der Waals surface area contributed by atoms with Crippen molar-refractivity contribution < 1.29 is 43.0 Å². The molecule has 1 aromatic rings. The highest BCUT2D eigenvalue weighted by Crippen LogP contribution is 2.66. The highest BCUT2D eigenvalue weighted by Gasteiger charge is 2.67. The topological polar surface area (TPSA) is 110 Å². The minimum Gasteiger partial charge on any atom is -0.456 e. The van der Waals surface area contributed by atoms with E-state index < -0.39 is 42.0 Å². The maximum Gasteiger partial charge on any atom is 0.514 e. The summed E-state index contributed by atoms with van der Waals surface area (Å²) in [4.78, 5) is 26.6. The molecule has 3 aliphatic carbocycles. The third kappa shape index (κ3) is 6.67. The molecule has 1 N–H and O–H groups in total. The molecule has 9 nitrogen and oxygen atoms in total. The number of carbonyl (C=O) groups is 2. The van der Waals surface area contributed by atoms with Gasteiger partial charge in [0.25, 0.3) is 0 Å². The van der Waals surface area contributed by atoms with E-state index in [0.717, 1.165) is 12.8 Å². The van der Waals surface area contributed by atoms with Gasteiger partial charge in [-0.3, -0.25) is 0 Å². The summed E-state index contributed by atoms with van der Waals surface area (Å²) in [5, 5.41) is 10.7. The van der Waals surface area contributed by atoms with Gasteiger partial charge in [0.2, 0.25) is 0 Å². The molecular weight excluding hydrogens is 539 g/mol. The average Bonchev–Trinajstić information content (AvgIpc) is 3.19. The van der Waals surface area contributed by atoms with E-state index in [-0.39, 0.29) is 36.0 Å². The maximum atomic E-state index is 13.6. The van der Waals surface area contributed by atoms with E-state index >= 15 is 0 Å². The van der Waals surface area contributed by atoms with Crippen molar-refractivity contribution in [3.05, 3.63) is 28.8 Å². The zero-order valence-corrected chi connectivity index (χ0v) is 27.0. The fraction of sp³-hybridized carbons (Fsp3) is 0.750. The Morgan fingerprint density at radius 2 is 1.74 bits per heavy atom. The Bertz CT molecular complexity index is 1170. The molecule has 2 bridgehead atoms. The number of hydrogen-bond donors (Lipinski definition) is 1. The van der Waals surface area contributed by atoms with Gasteiger partial charge in [-0.05, 0) is 97.4 Å². The predicted molar refractivity (Wildman–Crippen MR) is 159 cm³/mol. The molecule has 0 amide bonds. The number of hydrogen-bond acceptors (Lipinski definition) is 9. The van der Waals surface area contributed by atoms with Crippen LogP contribution in [0.2, 0.25) is 6.32 Å². The summed E-state index contributed by atoms with van der Waals surface area (Å²) in [6, 6.07) is 3.51. The van der Waals surface area contributed by atoms with Crippen LogP contribution in [0.5, 0.6) is 5.75 Å². The highest BCUT2D eigenvalue weighted by atomic mass is 16.7. The van der Waals surface area contributed by atoms with E-state index in [4.69, 9.17) is 28.3 Å². The van der Waals surface area contributed by atoms with Crippen molar-refractivity contribution >= 4 is 19.2 Å². The van der Waals surface area contributed by atoms with Gasteiger partial charge in [0.05, 0.1) is 18.3 Å². The van der Waals surface area contributed by atoms with Gasteiger partial charge in [0.15, 0.2) is 5.75 Å². The van der Waals surface area contributed by atoms with Gasteiger partial charge in [-0.25, -0.2) is 9.59 Å². The van der Waals surface area contributed by atoms with Gasteiger partial charge >= 0.3 is 19.2 Å². The Hall–Kier alpha value is -2.14. The van der Waals surface area contributed by atoms with Crippen molar-refractivity contribution in [3.8, 4) is 5.75 Å². The van der Waals surface area contributed by atoms with Crippen molar-refractivity contribution in [2.24, 2.45) is 17.3 Å². The lowest BCUT2D eigenvalue weighted by atomic mass is 9.43. The number of aliphatic hydroxyl groups excluding tert-OH is 1. The van der Waals surface area contributed by atoms with Crippen LogP contribution in [0.3, 0.4) is 0 Å². The Morgan fingerprint density at radius 1 is 1.07 bits per heavy atom. The van der Waals surface area contributed by atoms with Gasteiger partial charge < -0.3 is 33.4 Å². The average molecular weight is 589 g/mol. The fourth-order valence-electron chi connectivity index (χ4n) is 6.89. The minimum absolute atomic E-state index is 0.0120. The summed E-state index contributed by atoms with van der Waals surface area (Å²) in [6.45, 7) is 19.3. The second kappa shape index (κ2) is 11.7. The van der Waals surface area contributed by atoms with Gasteiger partial charge in [0.1, 0.15) is 16.8 Å². The fourth-order valence-corrected chi connectivity index (χ4v) is 6.89. The lowest BCUT2D eigenvalue weighted by molar-refractivity contribution is -0.199. The first kappa shape index (κ1) is 32.8. The smallest absolute Gasteiger partial charge is 0.456 e. The lowest BCUT2D eigenvalue weighted by Crippen LogP contribution is -2.65. The first-order chi connectivity index (χ1) is 19.4. The molecule has 0 radical (unpaired) electrons. The van der Waals surface area contributed by atoms with Crippen LogP contribution in [-0.2, 0) is 30.1 Å². The largest absolute Gasteiger partial charge is 0.514 e. The van der Waals surface area contributed by atoms with Crippen LogP contribution < -0.4 is 4.74 Å². The molecule has 4 fully saturated rings.